The van der Waals surface area contributed by atoms with Crippen LogP contribution in [0.3, 0.4) is 0 Å². The number of halogens is 1. The van der Waals surface area contributed by atoms with Gasteiger partial charge in [-0.25, -0.2) is 14.0 Å². The van der Waals surface area contributed by atoms with Gasteiger partial charge >= 0.3 is 12.0 Å². The standard InChI is InChI=1S/C18H19FN2O3/c1-2-3-11-24-17(22)13-7-9-15(10-8-13)20-18(23)21-16-6-4-5-14(19)12-16/h4-10,12H,2-3,11H2,1H3,(H2,20,21,23). The summed E-state index contributed by atoms with van der Waals surface area (Å²) >= 11 is 0. The van der Waals surface area contributed by atoms with E-state index >= 15 is 0 Å². The minimum atomic E-state index is -0.501. The van der Waals surface area contributed by atoms with Crippen molar-refractivity contribution in [3.63, 3.8) is 0 Å². The van der Waals surface area contributed by atoms with Crippen LogP contribution in [0.1, 0.15) is 30.1 Å². The van der Waals surface area contributed by atoms with Crippen LogP contribution in [0.4, 0.5) is 20.6 Å². The first kappa shape index (κ1) is 17.5. The van der Waals surface area contributed by atoms with Gasteiger partial charge in [-0.15, -0.1) is 0 Å². The zero-order valence-electron chi connectivity index (χ0n) is 13.3. The molecule has 0 unspecified atom stereocenters. The Morgan fingerprint density at radius 2 is 1.75 bits per heavy atom. The summed E-state index contributed by atoms with van der Waals surface area (Å²) in [6, 6.07) is 11.4. The van der Waals surface area contributed by atoms with Gasteiger partial charge in [-0.3, -0.25) is 0 Å². The number of hydrogen-bond donors (Lipinski definition) is 2. The third-order valence-electron chi connectivity index (χ3n) is 3.19. The molecule has 0 bridgehead atoms. The molecule has 2 amide bonds. The summed E-state index contributed by atoms with van der Waals surface area (Å²) in [6.07, 6.45) is 1.78. The molecule has 0 aliphatic heterocycles. The van der Waals surface area contributed by atoms with Gasteiger partial charge in [0, 0.05) is 11.4 Å². The first-order valence-corrected chi connectivity index (χ1v) is 7.69. The number of hydrogen-bond acceptors (Lipinski definition) is 3. The molecule has 2 aromatic carbocycles. The van der Waals surface area contributed by atoms with Crippen molar-refractivity contribution in [2.45, 2.75) is 19.8 Å². The molecular weight excluding hydrogens is 311 g/mol. The maximum atomic E-state index is 13.1. The Morgan fingerprint density at radius 1 is 1.04 bits per heavy atom. The molecule has 2 rings (SSSR count). The Kier molecular flexibility index (Phi) is 6.31. The van der Waals surface area contributed by atoms with E-state index in [0.29, 0.717) is 23.5 Å². The van der Waals surface area contributed by atoms with E-state index in [1.54, 1.807) is 30.3 Å². The molecule has 0 aromatic heterocycles. The van der Waals surface area contributed by atoms with Crippen LogP contribution < -0.4 is 10.6 Å². The van der Waals surface area contributed by atoms with Crippen LogP contribution >= 0.6 is 0 Å². The van der Waals surface area contributed by atoms with Gasteiger partial charge < -0.3 is 15.4 Å². The summed E-state index contributed by atoms with van der Waals surface area (Å²) in [4.78, 5) is 23.6. The first-order valence-electron chi connectivity index (χ1n) is 7.69. The molecule has 126 valence electrons. The number of carbonyl (C=O) groups excluding carboxylic acids is 2. The van der Waals surface area contributed by atoms with Crippen LogP contribution in [0.5, 0.6) is 0 Å². The van der Waals surface area contributed by atoms with Crippen LogP contribution in [0.15, 0.2) is 48.5 Å². The molecule has 0 heterocycles. The quantitative estimate of drug-likeness (QED) is 0.608. The zero-order valence-corrected chi connectivity index (χ0v) is 13.3. The normalized spacial score (nSPS) is 10.1. The second-order valence-electron chi connectivity index (χ2n) is 5.16. The molecule has 0 saturated carbocycles. The fraction of sp³-hybridized carbons (Fsp3) is 0.222. The van der Waals surface area contributed by atoms with Gasteiger partial charge in [-0.05, 0) is 48.9 Å². The predicted molar refractivity (Wildman–Crippen MR) is 90.7 cm³/mol. The highest BCUT2D eigenvalue weighted by atomic mass is 19.1. The molecule has 2 N–H and O–H groups in total. The van der Waals surface area contributed by atoms with Gasteiger partial charge in [0.15, 0.2) is 0 Å². The fourth-order valence-electron chi connectivity index (χ4n) is 1.94. The van der Waals surface area contributed by atoms with Gasteiger partial charge in [0.05, 0.1) is 12.2 Å². The van der Waals surface area contributed by atoms with E-state index in [-0.39, 0.29) is 5.97 Å². The lowest BCUT2D eigenvalue weighted by Gasteiger charge is -2.08. The van der Waals surface area contributed by atoms with Crippen LogP contribution in [-0.2, 0) is 4.74 Å². The predicted octanol–water partition coefficient (Wildman–Crippen LogP) is 4.43. The number of benzene rings is 2. The average molecular weight is 330 g/mol. The largest absolute Gasteiger partial charge is 0.462 e. The van der Waals surface area contributed by atoms with Crippen LogP contribution in [-0.4, -0.2) is 18.6 Å². The van der Waals surface area contributed by atoms with E-state index in [1.807, 2.05) is 6.92 Å². The SMILES string of the molecule is CCCCOC(=O)c1ccc(NC(=O)Nc2cccc(F)c2)cc1. The van der Waals surface area contributed by atoms with E-state index in [4.69, 9.17) is 4.74 Å². The highest BCUT2D eigenvalue weighted by Crippen LogP contribution is 2.13. The van der Waals surface area contributed by atoms with Crippen molar-refractivity contribution in [2.75, 3.05) is 17.2 Å². The monoisotopic (exact) mass is 330 g/mol. The molecule has 0 aliphatic carbocycles. The van der Waals surface area contributed by atoms with Gasteiger partial charge in [0.25, 0.3) is 0 Å². The van der Waals surface area contributed by atoms with Crippen LogP contribution in [0.25, 0.3) is 0 Å². The van der Waals surface area contributed by atoms with Crippen molar-refractivity contribution in [1.82, 2.24) is 0 Å². The minimum absolute atomic E-state index is 0.351. The molecule has 0 radical (unpaired) electrons. The molecule has 0 atom stereocenters. The van der Waals surface area contributed by atoms with Crippen LogP contribution in [0, 0.1) is 5.82 Å². The molecule has 5 nitrogen and oxygen atoms in total. The third-order valence-corrected chi connectivity index (χ3v) is 3.19. The number of unbranched alkanes of at least 4 members (excludes halogenated alkanes) is 1. The van der Waals surface area contributed by atoms with Gasteiger partial charge in [0.2, 0.25) is 0 Å². The number of ether oxygens (including phenoxy) is 1. The third kappa shape index (κ3) is 5.39. The molecule has 0 aliphatic rings. The van der Waals surface area contributed by atoms with Gasteiger partial charge in [-0.2, -0.15) is 0 Å². The topological polar surface area (TPSA) is 67.4 Å². The van der Waals surface area contributed by atoms with Crippen molar-refractivity contribution in [1.29, 1.82) is 0 Å². The second-order valence-corrected chi connectivity index (χ2v) is 5.16. The molecule has 0 spiro atoms. The number of rotatable bonds is 6. The van der Waals surface area contributed by atoms with E-state index < -0.39 is 11.8 Å². The van der Waals surface area contributed by atoms with Gasteiger partial charge in [-0.1, -0.05) is 19.4 Å². The molecule has 6 heteroatoms. The smallest absolute Gasteiger partial charge is 0.338 e. The summed E-state index contributed by atoms with van der Waals surface area (Å²) in [6.45, 7) is 2.41. The summed E-state index contributed by atoms with van der Waals surface area (Å²) in [5.74, 6) is -0.821. The van der Waals surface area contributed by atoms with E-state index in [9.17, 15) is 14.0 Å². The zero-order chi connectivity index (χ0) is 17.4. The van der Waals surface area contributed by atoms with E-state index in [0.717, 1.165) is 12.8 Å². The number of nitrogens with one attached hydrogen (secondary N) is 2. The highest BCUT2D eigenvalue weighted by Gasteiger charge is 2.08. The summed E-state index contributed by atoms with van der Waals surface area (Å²) < 4.78 is 18.2. The second kappa shape index (κ2) is 8.67. The van der Waals surface area contributed by atoms with Crippen molar-refractivity contribution in [3.8, 4) is 0 Å². The highest BCUT2D eigenvalue weighted by molar-refractivity contribution is 6.00. The van der Waals surface area contributed by atoms with E-state index in [1.165, 1.54) is 18.2 Å². The Labute approximate surface area is 139 Å². The lowest BCUT2D eigenvalue weighted by atomic mass is 10.2. The number of esters is 1. The maximum absolute atomic E-state index is 13.1. The molecule has 24 heavy (non-hydrogen) atoms. The molecular formula is C18H19FN2O3. The van der Waals surface area contributed by atoms with Crippen LogP contribution in [0.2, 0.25) is 0 Å². The van der Waals surface area contributed by atoms with Gasteiger partial charge in [0.1, 0.15) is 5.82 Å². The molecule has 0 saturated heterocycles. The lowest BCUT2D eigenvalue weighted by molar-refractivity contribution is 0.0500. The maximum Gasteiger partial charge on any atom is 0.338 e. The summed E-state index contributed by atoms with van der Waals surface area (Å²) in [7, 11) is 0. The Bertz CT molecular complexity index is 702. The van der Waals surface area contributed by atoms with Crippen molar-refractivity contribution < 1.29 is 18.7 Å². The number of urea groups is 1. The van der Waals surface area contributed by atoms with Crippen molar-refractivity contribution in [2.24, 2.45) is 0 Å². The Hall–Kier alpha value is -2.89. The summed E-state index contributed by atoms with van der Waals surface area (Å²) in [5, 5.41) is 5.12. The van der Waals surface area contributed by atoms with E-state index in [2.05, 4.69) is 10.6 Å². The van der Waals surface area contributed by atoms with Crippen molar-refractivity contribution >= 4 is 23.4 Å². The Morgan fingerprint density at radius 3 is 2.42 bits per heavy atom. The summed E-state index contributed by atoms with van der Waals surface area (Å²) in [5.41, 5.74) is 1.28. The lowest BCUT2D eigenvalue weighted by Crippen LogP contribution is -2.19. The minimum Gasteiger partial charge on any atom is -0.462 e. The molecule has 2 aromatic rings. The number of anilines is 2. The van der Waals surface area contributed by atoms with Crippen molar-refractivity contribution in [3.05, 3.63) is 59.9 Å². The molecule has 0 fully saturated rings. The fourth-order valence-corrected chi connectivity index (χ4v) is 1.94. The first-order chi connectivity index (χ1) is 11.6. The number of carbonyl (C=O) groups is 2. The Balaban J connectivity index is 1.89. The number of amides is 2. The average Bonchev–Trinajstić information content (AvgIpc) is 2.55.